The number of hydrogen-bond donors (Lipinski definition) is 1. The Morgan fingerprint density at radius 1 is 1.25 bits per heavy atom. The first kappa shape index (κ1) is 12.3. The quantitative estimate of drug-likeness (QED) is 0.775. The number of anilines is 1. The maximum atomic E-state index is 12.0. The number of carbonyl (C=O) groups excluding carboxylic acids is 1. The molecule has 100 valence electrons. The summed E-state index contributed by atoms with van der Waals surface area (Å²) >= 11 is 0. The zero-order valence-corrected chi connectivity index (χ0v) is 11.3. The van der Waals surface area contributed by atoms with Crippen molar-refractivity contribution in [1.29, 1.82) is 0 Å². The second kappa shape index (κ2) is 4.77. The van der Waals surface area contributed by atoms with Crippen LogP contribution < -0.4 is 5.32 Å². The highest BCUT2D eigenvalue weighted by Gasteiger charge is 2.09. The van der Waals surface area contributed by atoms with Gasteiger partial charge in [-0.25, -0.2) is 4.98 Å². The summed E-state index contributed by atoms with van der Waals surface area (Å²) in [6.45, 7) is 1.95. The van der Waals surface area contributed by atoms with Crippen LogP contribution in [0.1, 0.15) is 16.3 Å². The van der Waals surface area contributed by atoms with Crippen LogP contribution >= 0.6 is 0 Å². The third kappa shape index (κ3) is 2.14. The Labute approximate surface area is 116 Å². The maximum Gasteiger partial charge on any atom is 0.274 e. The molecule has 1 N–H and O–H groups in total. The number of benzene rings is 1. The van der Waals surface area contributed by atoms with E-state index < -0.39 is 0 Å². The minimum Gasteiger partial charge on any atom is -0.331 e. The van der Waals surface area contributed by atoms with Gasteiger partial charge in [-0.2, -0.15) is 0 Å². The van der Waals surface area contributed by atoms with Crippen LogP contribution in [-0.2, 0) is 7.05 Å². The Morgan fingerprint density at radius 2 is 2.10 bits per heavy atom. The summed E-state index contributed by atoms with van der Waals surface area (Å²) in [5, 5.41) is 2.83. The van der Waals surface area contributed by atoms with E-state index in [1.807, 2.05) is 36.7 Å². The highest BCUT2D eigenvalue weighted by atomic mass is 16.1. The van der Waals surface area contributed by atoms with Crippen LogP contribution in [0.25, 0.3) is 11.0 Å². The first-order valence-corrected chi connectivity index (χ1v) is 6.30. The van der Waals surface area contributed by atoms with E-state index in [9.17, 15) is 4.79 Å². The molecular weight excluding hydrogens is 252 g/mol. The van der Waals surface area contributed by atoms with Gasteiger partial charge >= 0.3 is 0 Å². The minimum atomic E-state index is -0.224. The number of imidazole rings is 1. The van der Waals surface area contributed by atoms with E-state index in [1.165, 1.54) is 0 Å². The molecule has 1 aromatic carbocycles. The molecule has 3 rings (SSSR count). The average Bonchev–Trinajstić information content (AvgIpc) is 2.74. The van der Waals surface area contributed by atoms with Gasteiger partial charge in [-0.05, 0) is 37.3 Å². The molecule has 0 saturated carbocycles. The fraction of sp³-hybridized carbons (Fsp3) is 0.133. The highest BCUT2D eigenvalue weighted by molar-refractivity contribution is 6.03. The van der Waals surface area contributed by atoms with E-state index in [4.69, 9.17) is 0 Å². The van der Waals surface area contributed by atoms with Crippen LogP contribution in [0.15, 0.2) is 42.6 Å². The van der Waals surface area contributed by atoms with Crippen molar-refractivity contribution in [1.82, 2.24) is 14.5 Å². The lowest BCUT2D eigenvalue weighted by Crippen LogP contribution is -2.13. The summed E-state index contributed by atoms with van der Waals surface area (Å²) in [6.07, 6.45) is 1.60. The monoisotopic (exact) mass is 266 g/mol. The number of carbonyl (C=O) groups is 1. The second-order valence-corrected chi connectivity index (χ2v) is 4.59. The first-order valence-electron chi connectivity index (χ1n) is 6.30. The predicted octanol–water partition coefficient (Wildman–Crippen LogP) is 2.53. The lowest BCUT2D eigenvalue weighted by atomic mass is 10.2. The lowest BCUT2D eigenvalue weighted by Gasteiger charge is -2.04. The molecule has 0 fully saturated rings. The molecule has 0 spiro atoms. The summed E-state index contributed by atoms with van der Waals surface area (Å²) in [6, 6.07) is 10.9. The van der Waals surface area contributed by atoms with Gasteiger partial charge in [0.25, 0.3) is 5.91 Å². The van der Waals surface area contributed by atoms with Gasteiger partial charge in [0.1, 0.15) is 11.5 Å². The molecule has 3 aromatic rings. The van der Waals surface area contributed by atoms with Gasteiger partial charge in [-0.1, -0.05) is 6.07 Å². The van der Waals surface area contributed by atoms with Crippen molar-refractivity contribution < 1.29 is 4.79 Å². The molecule has 0 radical (unpaired) electrons. The number of rotatable bonds is 2. The maximum absolute atomic E-state index is 12.0. The number of nitrogens with zero attached hydrogens (tertiary/aromatic N) is 3. The number of aromatic nitrogens is 3. The van der Waals surface area contributed by atoms with Crippen molar-refractivity contribution in [3.63, 3.8) is 0 Å². The third-order valence-corrected chi connectivity index (χ3v) is 3.26. The number of nitrogens with one attached hydrogen (secondary N) is 1. The van der Waals surface area contributed by atoms with Gasteiger partial charge in [0.15, 0.2) is 0 Å². The van der Waals surface area contributed by atoms with Gasteiger partial charge in [-0.3, -0.25) is 9.78 Å². The average molecular weight is 266 g/mol. The molecule has 0 aliphatic rings. The molecule has 5 heteroatoms. The number of fused-ring (bicyclic) bond motifs is 1. The fourth-order valence-electron chi connectivity index (χ4n) is 2.09. The van der Waals surface area contributed by atoms with Crippen molar-refractivity contribution in [2.45, 2.75) is 6.92 Å². The number of hydrogen-bond acceptors (Lipinski definition) is 3. The van der Waals surface area contributed by atoms with Crippen molar-refractivity contribution in [3.8, 4) is 0 Å². The van der Waals surface area contributed by atoms with Crippen LogP contribution in [0.4, 0.5) is 5.69 Å². The van der Waals surface area contributed by atoms with E-state index in [2.05, 4.69) is 15.3 Å². The van der Waals surface area contributed by atoms with Gasteiger partial charge in [0.05, 0.1) is 11.0 Å². The molecule has 0 bridgehead atoms. The molecule has 20 heavy (non-hydrogen) atoms. The van der Waals surface area contributed by atoms with Crippen LogP contribution in [0.5, 0.6) is 0 Å². The largest absolute Gasteiger partial charge is 0.331 e. The third-order valence-electron chi connectivity index (χ3n) is 3.26. The lowest BCUT2D eigenvalue weighted by molar-refractivity contribution is 0.102. The Bertz CT molecular complexity index is 777. The smallest absolute Gasteiger partial charge is 0.274 e. The van der Waals surface area contributed by atoms with Gasteiger partial charge in [0, 0.05) is 18.9 Å². The summed E-state index contributed by atoms with van der Waals surface area (Å²) < 4.78 is 2.01. The molecule has 5 nitrogen and oxygen atoms in total. The Morgan fingerprint density at radius 3 is 2.85 bits per heavy atom. The van der Waals surface area contributed by atoms with Gasteiger partial charge in [0.2, 0.25) is 0 Å². The molecule has 0 aliphatic heterocycles. The zero-order valence-electron chi connectivity index (χ0n) is 11.3. The molecule has 1 amide bonds. The summed E-state index contributed by atoms with van der Waals surface area (Å²) in [5.74, 6) is 0.714. The molecule has 2 heterocycles. The van der Waals surface area contributed by atoms with Crippen molar-refractivity contribution in [2.24, 2.45) is 7.05 Å². The van der Waals surface area contributed by atoms with Gasteiger partial charge in [-0.15, -0.1) is 0 Å². The SMILES string of the molecule is Cc1nc2cc(NC(=O)c3ccccn3)ccc2n1C. The summed E-state index contributed by atoms with van der Waals surface area (Å²) in [5.41, 5.74) is 3.01. The van der Waals surface area contributed by atoms with Crippen molar-refractivity contribution in [2.75, 3.05) is 5.32 Å². The molecule has 0 atom stereocenters. The minimum absolute atomic E-state index is 0.224. The summed E-state index contributed by atoms with van der Waals surface area (Å²) in [7, 11) is 1.97. The Hall–Kier alpha value is -2.69. The molecular formula is C15H14N4O. The Balaban J connectivity index is 1.90. The van der Waals surface area contributed by atoms with E-state index >= 15 is 0 Å². The van der Waals surface area contributed by atoms with Crippen LogP contribution in [0, 0.1) is 6.92 Å². The first-order chi connectivity index (χ1) is 9.65. The highest BCUT2D eigenvalue weighted by Crippen LogP contribution is 2.19. The molecule has 0 unspecified atom stereocenters. The zero-order chi connectivity index (χ0) is 14.1. The van der Waals surface area contributed by atoms with Crippen molar-refractivity contribution in [3.05, 3.63) is 54.1 Å². The Kier molecular flexibility index (Phi) is 2.95. The van der Waals surface area contributed by atoms with E-state index in [-0.39, 0.29) is 5.91 Å². The van der Waals surface area contributed by atoms with Crippen molar-refractivity contribution >= 4 is 22.6 Å². The van der Waals surface area contributed by atoms with Crippen LogP contribution in [-0.4, -0.2) is 20.4 Å². The van der Waals surface area contributed by atoms with Crippen LogP contribution in [0.3, 0.4) is 0 Å². The standard InChI is InChI=1S/C15H14N4O/c1-10-17-13-9-11(6-7-14(13)19(10)2)18-15(20)12-5-3-4-8-16-12/h3-9H,1-2H3,(H,18,20). The number of pyridine rings is 1. The van der Waals surface area contributed by atoms with E-state index in [0.29, 0.717) is 11.4 Å². The normalized spacial score (nSPS) is 10.7. The number of amides is 1. The molecule has 2 aromatic heterocycles. The van der Waals surface area contributed by atoms with Gasteiger partial charge < -0.3 is 9.88 Å². The topological polar surface area (TPSA) is 59.8 Å². The molecule has 0 saturated heterocycles. The predicted molar refractivity (Wildman–Crippen MR) is 77.6 cm³/mol. The second-order valence-electron chi connectivity index (χ2n) is 4.59. The van der Waals surface area contributed by atoms with E-state index in [1.54, 1.807) is 24.4 Å². The van der Waals surface area contributed by atoms with E-state index in [0.717, 1.165) is 16.9 Å². The number of aryl methyl sites for hydroxylation is 2. The molecule has 0 aliphatic carbocycles. The fourth-order valence-corrected chi connectivity index (χ4v) is 2.09. The van der Waals surface area contributed by atoms with Crippen LogP contribution in [0.2, 0.25) is 0 Å². The summed E-state index contributed by atoms with van der Waals surface area (Å²) in [4.78, 5) is 20.5.